The first-order valence-corrected chi connectivity index (χ1v) is 13.5. The third-order valence-corrected chi connectivity index (χ3v) is 8.29. The van der Waals surface area contributed by atoms with Crippen molar-refractivity contribution < 1.29 is 65.9 Å². The van der Waals surface area contributed by atoms with Crippen molar-refractivity contribution in [3.63, 3.8) is 0 Å². The first kappa shape index (κ1) is 27.0. The van der Waals surface area contributed by atoms with Gasteiger partial charge in [0.15, 0.2) is 6.33 Å². The van der Waals surface area contributed by atoms with Gasteiger partial charge in [-0.15, -0.1) is 0 Å². The van der Waals surface area contributed by atoms with Gasteiger partial charge < -0.3 is 40.3 Å². The van der Waals surface area contributed by atoms with E-state index >= 15 is 0 Å². The van der Waals surface area contributed by atoms with Crippen LogP contribution in [0.15, 0.2) is 11.1 Å². The molecule has 6 atom stereocenters. The predicted octanol–water partition coefficient (Wildman–Crippen LogP) is -3.04. The minimum absolute atomic E-state index is 0.144. The van der Waals surface area contributed by atoms with Crippen LogP contribution in [0.5, 0.6) is 0 Å². The summed E-state index contributed by atoms with van der Waals surface area (Å²) in [7, 11) is -15.2. The standard InChI is InChI=1S/C12H20N5O14P3/c1-16-4-17(10-7(16)11(20)15-12(13)14-10)2-5-8(18)9(19)6(29-5)3-28-33(24,25)31-34(26,27)30-32(21,22)23/h4-6,8-9,18-19H,2-3H2,1H3,(H6-,13,14,15,20,21,22,23,24,25,26,27)/p+1/t5-,6+,8+,9?/m0/s1. The van der Waals surface area contributed by atoms with E-state index in [0.717, 1.165) is 0 Å². The third-order valence-electron chi connectivity index (χ3n) is 4.49. The van der Waals surface area contributed by atoms with Gasteiger partial charge in [-0.25, -0.2) is 18.3 Å². The molecule has 2 aromatic heterocycles. The van der Waals surface area contributed by atoms with Crippen molar-refractivity contribution in [3.8, 4) is 0 Å². The zero-order chi connectivity index (χ0) is 25.6. The van der Waals surface area contributed by atoms with Crippen LogP contribution < -0.4 is 15.9 Å². The lowest BCUT2D eigenvalue weighted by molar-refractivity contribution is -0.682. The molecule has 1 aliphatic heterocycles. The van der Waals surface area contributed by atoms with Gasteiger partial charge in [-0.2, -0.15) is 8.62 Å². The Labute approximate surface area is 188 Å². The van der Waals surface area contributed by atoms with Crippen molar-refractivity contribution >= 4 is 40.6 Å². The fourth-order valence-electron chi connectivity index (χ4n) is 3.22. The maximum absolute atomic E-state index is 12.1. The highest BCUT2D eigenvalue weighted by Gasteiger charge is 2.46. The van der Waals surface area contributed by atoms with Crippen molar-refractivity contribution in [2.24, 2.45) is 7.05 Å². The molecule has 34 heavy (non-hydrogen) atoms. The highest BCUT2D eigenvalue weighted by molar-refractivity contribution is 7.66. The molecule has 0 saturated carbocycles. The van der Waals surface area contributed by atoms with Gasteiger partial charge in [0, 0.05) is 0 Å². The number of rotatable bonds is 9. The summed E-state index contributed by atoms with van der Waals surface area (Å²) in [5, 5.41) is 20.5. The van der Waals surface area contributed by atoms with Crippen molar-refractivity contribution in [2.75, 3.05) is 12.3 Å². The number of aryl methyl sites for hydroxylation is 1. The van der Waals surface area contributed by atoms with Crippen LogP contribution in [0, 0.1) is 0 Å². The molecule has 2 aromatic rings. The second-order valence-electron chi connectivity index (χ2n) is 7.08. The number of hydrogen-bond acceptors (Lipinski definition) is 12. The van der Waals surface area contributed by atoms with E-state index in [0.29, 0.717) is 0 Å². The molecule has 0 aromatic carbocycles. The second kappa shape index (κ2) is 9.48. The fraction of sp³-hybridized carbons (Fsp3) is 0.583. The van der Waals surface area contributed by atoms with Crippen molar-refractivity contribution in [3.05, 3.63) is 16.7 Å². The highest BCUT2D eigenvalue weighted by Crippen LogP contribution is 2.66. The van der Waals surface area contributed by atoms with Gasteiger partial charge >= 0.3 is 29.1 Å². The Kier molecular flexibility index (Phi) is 7.54. The van der Waals surface area contributed by atoms with Crippen LogP contribution in [0.25, 0.3) is 11.2 Å². The topological polar surface area (TPSA) is 290 Å². The monoisotopic (exact) mass is 552 g/mol. The fourth-order valence-corrected chi connectivity index (χ4v) is 6.25. The van der Waals surface area contributed by atoms with Crippen molar-refractivity contribution in [2.45, 2.75) is 31.0 Å². The van der Waals surface area contributed by atoms with Gasteiger partial charge in [0.25, 0.3) is 11.5 Å². The van der Waals surface area contributed by atoms with Crippen LogP contribution in [0.4, 0.5) is 5.95 Å². The molecule has 0 amide bonds. The zero-order valence-corrected chi connectivity index (χ0v) is 19.7. The molecule has 1 fully saturated rings. The molecular formula is C12H21N5O14P3+. The molecule has 9 N–H and O–H groups in total. The number of nitrogens with two attached hydrogens (primary N) is 1. The number of aliphatic hydroxyl groups is 2. The van der Waals surface area contributed by atoms with Crippen molar-refractivity contribution in [1.29, 1.82) is 0 Å². The molecule has 0 radical (unpaired) electrons. The average Bonchev–Trinajstić information content (AvgIpc) is 3.08. The summed E-state index contributed by atoms with van der Waals surface area (Å²) in [6.45, 7) is -1.11. The quantitative estimate of drug-likeness (QED) is 0.113. The Morgan fingerprint density at radius 2 is 1.76 bits per heavy atom. The maximum Gasteiger partial charge on any atom is 0.490 e. The molecule has 1 saturated heterocycles. The lowest BCUT2D eigenvalue weighted by atomic mass is 10.1. The number of imidazole rings is 1. The average molecular weight is 552 g/mol. The van der Waals surface area contributed by atoms with E-state index in [-0.39, 0.29) is 23.7 Å². The number of aromatic nitrogens is 4. The van der Waals surface area contributed by atoms with Gasteiger partial charge in [-0.05, 0) is 0 Å². The number of nitrogens with zero attached hydrogens (tertiary/aromatic N) is 3. The lowest BCUT2D eigenvalue weighted by Crippen LogP contribution is -2.44. The molecule has 3 rings (SSSR count). The van der Waals surface area contributed by atoms with Gasteiger partial charge in [-0.1, -0.05) is 4.98 Å². The number of fused-ring (bicyclic) bond motifs is 1. The number of nitrogen functional groups attached to an aromatic ring is 1. The predicted molar refractivity (Wildman–Crippen MR) is 106 cm³/mol. The Morgan fingerprint density at radius 1 is 1.15 bits per heavy atom. The van der Waals surface area contributed by atoms with Crippen LogP contribution >= 0.6 is 23.5 Å². The Bertz CT molecular complexity index is 1270. The number of anilines is 1. The molecule has 3 unspecified atom stereocenters. The zero-order valence-electron chi connectivity index (χ0n) is 17.0. The highest BCUT2D eigenvalue weighted by atomic mass is 31.3. The number of phosphoric ester groups is 1. The molecule has 0 spiro atoms. The number of aromatic amines is 1. The summed E-state index contributed by atoms with van der Waals surface area (Å²) in [6, 6.07) is 0. The van der Waals surface area contributed by atoms with Crippen LogP contribution in [0.1, 0.15) is 0 Å². The summed E-state index contributed by atoms with van der Waals surface area (Å²) in [5.74, 6) is -0.167. The van der Waals surface area contributed by atoms with E-state index in [9.17, 15) is 33.6 Å². The molecule has 192 valence electrons. The number of hydrogen-bond donors (Lipinski definition) is 8. The first-order chi connectivity index (χ1) is 15.5. The van der Waals surface area contributed by atoms with E-state index < -0.39 is 60.1 Å². The number of aliphatic hydroxyl groups excluding tert-OH is 2. The van der Waals surface area contributed by atoms with Gasteiger partial charge in [0.05, 0.1) is 13.7 Å². The Hall–Kier alpha value is -1.56. The van der Waals surface area contributed by atoms with Crippen LogP contribution in [-0.2, 0) is 45.2 Å². The number of nitrogens with one attached hydrogen (secondary N) is 1. The molecule has 1 aliphatic rings. The van der Waals surface area contributed by atoms with E-state index in [2.05, 4.69) is 23.1 Å². The van der Waals surface area contributed by atoms with Crippen LogP contribution in [0.3, 0.4) is 0 Å². The summed E-state index contributed by atoms with van der Waals surface area (Å²) < 4.78 is 53.7. The maximum atomic E-state index is 12.1. The molecule has 22 heteroatoms. The van der Waals surface area contributed by atoms with Gasteiger partial charge in [0.1, 0.15) is 31.0 Å². The van der Waals surface area contributed by atoms with E-state index in [1.54, 1.807) is 7.05 Å². The van der Waals surface area contributed by atoms with Crippen molar-refractivity contribution in [1.82, 2.24) is 14.5 Å². The Balaban J connectivity index is 1.68. The number of H-pyrrole nitrogens is 1. The number of phosphoric acid groups is 3. The lowest BCUT2D eigenvalue weighted by Gasteiger charge is -2.19. The summed E-state index contributed by atoms with van der Waals surface area (Å²) in [5.41, 5.74) is 5.34. The van der Waals surface area contributed by atoms with E-state index in [1.807, 2.05) is 0 Å². The largest absolute Gasteiger partial charge is 0.490 e. The Morgan fingerprint density at radius 3 is 2.38 bits per heavy atom. The SMILES string of the molecule is Cn1c[n+](C[C@@H]2O[C@H](COP(=O)(O)OP(=O)(O)OP(=O)(O)O)C(O)[C@@H]2O)c2nc(N)[nH]c(=O)c21. The van der Waals surface area contributed by atoms with Gasteiger partial charge in [-0.3, -0.25) is 18.9 Å². The molecule has 0 aliphatic carbocycles. The number of ether oxygens (including phenoxy) is 1. The minimum atomic E-state index is -5.72. The second-order valence-corrected chi connectivity index (χ2v) is 11.5. The summed E-state index contributed by atoms with van der Waals surface area (Å²) in [4.78, 5) is 54.1. The van der Waals surface area contributed by atoms with Crippen LogP contribution in [0.2, 0.25) is 0 Å². The molecular weight excluding hydrogens is 531 g/mol. The van der Waals surface area contributed by atoms with E-state index in [4.69, 9.17) is 25.2 Å². The third kappa shape index (κ3) is 6.35. The van der Waals surface area contributed by atoms with E-state index in [1.165, 1.54) is 15.5 Å². The van der Waals surface area contributed by atoms with Crippen LogP contribution in [-0.4, -0.2) is 75.3 Å². The first-order valence-electron chi connectivity index (χ1n) is 9.02. The molecule has 19 nitrogen and oxygen atoms in total. The molecule has 0 bridgehead atoms. The minimum Gasteiger partial charge on any atom is -0.388 e. The smallest absolute Gasteiger partial charge is 0.388 e. The summed E-state index contributed by atoms with van der Waals surface area (Å²) >= 11 is 0. The van der Waals surface area contributed by atoms with Gasteiger partial charge in [0.2, 0.25) is 5.52 Å². The summed E-state index contributed by atoms with van der Waals surface area (Å²) in [6.07, 6.45) is -4.33. The molecule has 3 heterocycles. The normalized spacial score (nSPS) is 27.0.